The minimum Gasteiger partial charge on any atom is -0.497 e. The van der Waals surface area contributed by atoms with Gasteiger partial charge in [0, 0.05) is 37.4 Å². The molecule has 0 unspecified atom stereocenters. The maximum atomic E-state index is 12.2. The molecule has 192 valence electrons. The normalized spacial score (nSPS) is 14.0. The predicted octanol–water partition coefficient (Wildman–Crippen LogP) is 4.73. The molecule has 1 aliphatic heterocycles. The van der Waals surface area contributed by atoms with Gasteiger partial charge in [0.25, 0.3) is 0 Å². The number of rotatable bonds is 13. The highest BCUT2D eigenvalue weighted by Crippen LogP contribution is 2.26. The quantitative estimate of drug-likeness (QED) is 0.266. The van der Waals surface area contributed by atoms with Crippen LogP contribution >= 0.6 is 11.8 Å². The predicted molar refractivity (Wildman–Crippen MR) is 145 cm³/mol. The average Bonchev–Trinajstić information content (AvgIpc) is 3.31. The minimum atomic E-state index is 0.156. The molecule has 0 saturated carbocycles. The van der Waals surface area contributed by atoms with Gasteiger partial charge in [0.1, 0.15) is 11.6 Å². The molecule has 1 saturated heterocycles. The maximum absolute atomic E-state index is 12.2. The number of unbranched alkanes of at least 4 members (excludes halogenated alkanes) is 1. The summed E-state index contributed by atoms with van der Waals surface area (Å²) in [5.41, 5.74) is 2.21. The van der Waals surface area contributed by atoms with Gasteiger partial charge in [-0.3, -0.25) is 9.36 Å². The van der Waals surface area contributed by atoms with Crippen LogP contribution in [0.4, 0.5) is 0 Å². The fourth-order valence-corrected chi connectivity index (χ4v) is 5.42. The second kappa shape index (κ2) is 14.0. The molecule has 1 aliphatic rings. The van der Waals surface area contributed by atoms with Gasteiger partial charge in [-0.05, 0) is 68.6 Å². The van der Waals surface area contributed by atoms with Gasteiger partial charge in [-0.25, -0.2) is 0 Å². The molecular weight excluding hydrogens is 470 g/mol. The first kappa shape index (κ1) is 26.2. The molecule has 1 aromatic heterocycles. The van der Waals surface area contributed by atoms with E-state index in [1.54, 1.807) is 18.9 Å². The Bertz CT molecular complexity index is 1070. The van der Waals surface area contributed by atoms with Gasteiger partial charge < -0.3 is 15.0 Å². The number of carbonyl (C=O) groups excluding carboxylic acids is 1. The zero-order valence-corrected chi connectivity index (χ0v) is 22.0. The van der Waals surface area contributed by atoms with Crippen molar-refractivity contribution in [2.24, 2.45) is 0 Å². The van der Waals surface area contributed by atoms with E-state index in [1.807, 2.05) is 42.5 Å². The van der Waals surface area contributed by atoms with E-state index in [0.29, 0.717) is 12.8 Å². The molecule has 1 fully saturated rings. The van der Waals surface area contributed by atoms with Crippen molar-refractivity contribution >= 4 is 17.7 Å². The summed E-state index contributed by atoms with van der Waals surface area (Å²) in [4.78, 5) is 14.7. The van der Waals surface area contributed by atoms with Crippen LogP contribution in [0.3, 0.4) is 0 Å². The van der Waals surface area contributed by atoms with Crippen LogP contribution in [-0.4, -0.2) is 64.6 Å². The van der Waals surface area contributed by atoms with Gasteiger partial charge in [-0.1, -0.05) is 48.5 Å². The van der Waals surface area contributed by atoms with Crippen molar-refractivity contribution in [3.8, 4) is 11.4 Å². The third-order valence-corrected chi connectivity index (χ3v) is 7.48. The lowest BCUT2D eigenvalue weighted by Gasteiger charge is -2.26. The number of aromatic nitrogens is 3. The fourth-order valence-electron chi connectivity index (χ4n) is 4.45. The largest absolute Gasteiger partial charge is 0.497 e. The number of likely N-dealkylation sites (tertiary alicyclic amines) is 1. The second-order valence-electron chi connectivity index (χ2n) is 9.15. The highest BCUT2D eigenvalue weighted by Gasteiger charge is 2.15. The smallest absolute Gasteiger partial charge is 0.220 e. The van der Waals surface area contributed by atoms with Crippen molar-refractivity contribution in [3.05, 3.63) is 66.0 Å². The average molecular weight is 508 g/mol. The summed E-state index contributed by atoms with van der Waals surface area (Å²) < 4.78 is 7.46. The number of benzene rings is 2. The van der Waals surface area contributed by atoms with E-state index in [9.17, 15) is 4.79 Å². The Kier molecular flexibility index (Phi) is 10.2. The van der Waals surface area contributed by atoms with Crippen molar-refractivity contribution in [2.75, 3.05) is 39.0 Å². The SMILES string of the molecule is COc1ccc(-n2c(Cc3ccccc3)nnc2SCCCCC(=O)NCCN2CCCCC2)cc1. The second-order valence-corrected chi connectivity index (χ2v) is 10.2. The van der Waals surface area contributed by atoms with E-state index in [0.717, 1.165) is 54.1 Å². The topological polar surface area (TPSA) is 72.3 Å². The highest BCUT2D eigenvalue weighted by molar-refractivity contribution is 7.99. The first-order valence-electron chi connectivity index (χ1n) is 13.0. The summed E-state index contributed by atoms with van der Waals surface area (Å²) in [6.45, 7) is 4.05. The molecule has 0 aliphatic carbocycles. The van der Waals surface area contributed by atoms with Crippen molar-refractivity contribution in [1.82, 2.24) is 25.0 Å². The number of hydrogen-bond acceptors (Lipinski definition) is 6. The Labute approximate surface area is 218 Å². The van der Waals surface area contributed by atoms with Crippen molar-refractivity contribution in [1.29, 1.82) is 0 Å². The third kappa shape index (κ3) is 7.83. The number of ether oxygens (including phenoxy) is 1. The van der Waals surface area contributed by atoms with E-state index in [-0.39, 0.29) is 5.91 Å². The fraction of sp³-hybridized carbons (Fsp3) is 0.464. The molecule has 36 heavy (non-hydrogen) atoms. The Morgan fingerprint density at radius 3 is 2.53 bits per heavy atom. The summed E-state index contributed by atoms with van der Waals surface area (Å²) in [7, 11) is 1.67. The van der Waals surface area contributed by atoms with E-state index < -0.39 is 0 Å². The molecule has 2 aromatic carbocycles. The Morgan fingerprint density at radius 1 is 1.00 bits per heavy atom. The van der Waals surface area contributed by atoms with Gasteiger partial charge in [-0.2, -0.15) is 0 Å². The monoisotopic (exact) mass is 507 g/mol. The van der Waals surface area contributed by atoms with Gasteiger partial charge >= 0.3 is 0 Å². The van der Waals surface area contributed by atoms with Crippen LogP contribution in [0.5, 0.6) is 5.75 Å². The number of thioether (sulfide) groups is 1. The number of carbonyl (C=O) groups is 1. The molecule has 0 bridgehead atoms. The van der Waals surface area contributed by atoms with Gasteiger partial charge in [0.15, 0.2) is 5.16 Å². The van der Waals surface area contributed by atoms with Crippen LogP contribution in [0.15, 0.2) is 59.8 Å². The molecule has 0 spiro atoms. The summed E-state index contributed by atoms with van der Waals surface area (Å²) >= 11 is 1.69. The molecule has 4 rings (SSSR count). The number of nitrogens with zero attached hydrogens (tertiary/aromatic N) is 4. The number of piperidine rings is 1. The van der Waals surface area contributed by atoms with Gasteiger partial charge in [0.05, 0.1) is 7.11 Å². The lowest BCUT2D eigenvalue weighted by Crippen LogP contribution is -2.37. The Morgan fingerprint density at radius 2 is 1.78 bits per heavy atom. The first-order chi connectivity index (χ1) is 17.7. The Hall–Kier alpha value is -2.84. The van der Waals surface area contributed by atoms with Crippen LogP contribution in [-0.2, 0) is 11.2 Å². The lowest BCUT2D eigenvalue weighted by molar-refractivity contribution is -0.121. The zero-order valence-electron chi connectivity index (χ0n) is 21.2. The van der Waals surface area contributed by atoms with Crippen LogP contribution < -0.4 is 10.1 Å². The number of methoxy groups -OCH3 is 1. The van der Waals surface area contributed by atoms with Crippen molar-refractivity contribution < 1.29 is 9.53 Å². The van der Waals surface area contributed by atoms with E-state index >= 15 is 0 Å². The third-order valence-electron chi connectivity index (χ3n) is 6.46. The molecular formula is C28H37N5O2S. The highest BCUT2D eigenvalue weighted by atomic mass is 32.2. The molecule has 1 amide bonds. The summed E-state index contributed by atoms with van der Waals surface area (Å²) in [5, 5.41) is 13.0. The minimum absolute atomic E-state index is 0.156. The van der Waals surface area contributed by atoms with Crippen LogP contribution in [0.2, 0.25) is 0 Å². The maximum Gasteiger partial charge on any atom is 0.220 e. The van der Waals surface area contributed by atoms with E-state index in [4.69, 9.17) is 4.74 Å². The number of hydrogen-bond donors (Lipinski definition) is 1. The number of amides is 1. The lowest BCUT2D eigenvalue weighted by atomic mass is 10.1. The molecule has 3 aromatic rings. The first-order valence-corrected chi connectivity index (χ1v) is 14.0. The van der Waals surface area contributed by atoms with Gasteiger partial charge in [0.2, 0.25) is 5.91 Å². The summed E-state index contributed by atoms with van der Waals surface area (Å²) in [6.07, 6.45) is 7.01. The van der Waals surface area contributed by atoms with E-state index in [1.165, 1.54) is 37.9 Å². The standard InChI is InChI=1S/C28H37N5O2S/c1-35-25-15-13-24(14-16-25)33-26(22-23-10-4-2-5-11-23)30-31-28(33)36-21-9-6-12-27(34)29-17-20-32-18-7-3-8-19-32/h2,4-5,10-11,13-16H,3,6-9,12,17-22H2,1H3,(H,29,34). The zero-order chi connectivity index (χ0) is 25.0. The Balaban J connectivity index is 1.27. The molecule has 7 nitrogen and oxygen atoms in total. The summed E-state index contributed by atoms with van der Waals surface area (Å²) in [6, 6.07) is 18.3. The van der Waals surface area contributed by atoms with E-state index in [2.05, 4.69) is 37.1 Å². The van der Waals surface area contributed by atoms with Crippen molar-refractivity contribution in [3.63, 3.8) is 0 Å². The number of nitrogens with one attached hydrogen (secondary N) is 1. The van der Waals surface area contributed by atoms with Crippen LogP contribution in [0.1, 0.15) is 49.9 Å². The van der Waals surface area contributed by atoms with Crippen molar-refractivity contribution in [2.45, 2.75) is 50.1 Å². The van der Waals surface area contributed by atoms with Crippen LogP contribution in [0.25, 0.3) is 5.69 Å². The molecule has 0 radical (unpaired) electrons. The van der Waals surface area contributed by atoms with Crippen LogP contribution in [0, 0.1) is 0 Å². The molecule has 8 heteroatoms. The van der Waals surface area contributed by atoms with Gasteiger partial charge in [-0.15, -0.1) is 10.2 Å². The summed E-state index contributed by atoms with van der Waals surface area (Å²) in [5.74, 6) is 2.77. The molecule has 2 heterocycles. The molecule has 0 atom stereocenters. The molecule has 1 N–H and O–H groups in total.